The van der Waals surface area contributed by atoms with Gasteiger partial charge in [-0.05, 0) is 177 Å². The molecule has 10 heteroatoms. The van der Waals surface area contributed by atoms with Gasteiger partial charge in [-0.25, -0.2) is 4.98 Å². The molecule has 1 amide bonds. The normalized spacial score (nSPS) is 29.5. The lowest BCUT2D eigenvalue weighted by Crippen LogP contribution is -2.70. The van der Waals surface area contributed by atoms with Gasteiger partial charge in [0, 0.05) is 51.3 Å². The molecule has 1 unspecified atom stereocenters. The van der Waals surface area contributed by atoms with Crippen LogP contribution in [0.25, 0.3) is 0 Å². The number of piperidine rings is 1. The third-order valence-electron chi connectivity index (χ3n) is 13.2. The van der Waals surface area contributed by atoms with Crippen molar-refractivity contribution >= 4 is 11.6 Å². The third-order valence-corrected chi connectivity index (χ3v) is 13.2. The molecular weight excluding hydrogens is 743 g/mol. The molecule has 2 heterocycles. The molecule has 0 aromatic carbocycles. The van der Waals surface area contributed by atoms with E-state index in [2.05, 4.69) is 110 Å². The lowest BCUT2D eigenvalue weighted by atomic mass is 9.35. The van der Waals surface area contributed by atoms with Gasteiger partial charge in [0.2, 0.25) is 5.91 Å². The summed E-state index contributed by atoms with van der Waals surface area (Å²) >= 11 is 0. The standard InChI is InChI=1S/C49H79N3O7/c1-43(2,3)57-40-27-37(28-40)51(13)42(53)49-31-48(32-49,33-49)34-54-24-14-15-25-55-46(10,11)47(12,59-45(7,8)9)20-16-35-26-36(17-21-50-35)52-22-18-38(19-23-52)56-39-29-41(30-39)58-44(4,5)6/h17,21,26,37-41H,14-15,18-19,22-25,27-34H2,1-13H3. The van der Waals surface area contributed by atoms with Gasteiger partial charge in [-0.3, -0.25) is 4.79 Å². The second-order valence-corrected chi connectivity index (χ2v) is 22.5. The Bertz CT molecular complexity index is 1620. The minimum Gasteiger partial charge on any atom is -0.381 e. The van der Waals surface area contributed by atoms with Gasteiger partial charge in [-0.2, -0.15) is 0 Å². The maximum Gasteiger partial charge on any atom is 0.228 e. The summed E-state index contributed by atoms with van der Waals surface area (Å²) < 4.78 is 38.1. The number of hydrogen-bond donors (Lipinski definition) is 0. The fourth-order valence-corrected chi connectivity index (χ4v) is 9.95. The Morgan fingerprint density at radius 2 is 1.41 bits per heavy atom. The van der Waals surface area contributed by atoms with Crippen LogP contribution in [0.5, 0.6) is 0 Å². The lowest BCUT2D eigenvalue weighted by molar-refractivity contribution is -0.237. The van der Waals surface area contributed by atoms with Crippen LogP contribution in [0.3, 0.4) is 0 Å². The maximum atomic E-state index is 13.4. The predicted molar refractivity (Wildman–Crippen MR) is 234 cm³/mol. The van der Waals surface area contributed by atoms with E-state index < -0.39 is 16.8 Å². The fraction of sp³-hybridized carbons (Fsp3) is 0.837. The molecule has 1 aromatic rings. The second-order valence-electron chi connectivity index (χ2n) is 22.5. The SMILES string of the molecule is CN(C(=O)C12CC(COCCCCOC(C)(C)C(C)(C#Cc3cc(N4CCC(OC5CC(OC(C)(C)C)C5)CC4)ccn3)OC(C)(C)C)(C1)C2)C1CC(OC(C)(C)C)C1. The Labute approximate surface area is 357 Å². The molecule has 0 N–H and O–H groups in total. The van der Waals surface area contributed by atoms with Gasteiger partial charge in [0.05, 0.1) is 53.2 Å². The zero-order valence-electron chi connectivity index (χ0n) is 39.1. The Morgan fingerprint density at radius 1 is 0.814 bits per heavy atom. The van der Waals surface area contributed by atoms with E-state index in [1.165, 1.54) is 0 Å². The van der Waals surface area contributed by atoms with Crippen molar-refractivity contribution in [2.45, 2.75) is 212 Å². The minimum atomic E-state index is -0.889. The molecule has 332 valence electrons. The first kappa shape index (κ1) is 46.2. The summed E-state index contributed by atoms with van der Waals surface area (Å²) in [5, 5.41) is 0. The van der Waals surface area contributed by atoms with Crippen molar-refractivity contribution in [2.24, 2.45) is 10.8 Å². The summed E-state index contributed by atoms with van der Waals surface area (Å²) in [5.74, 6) is 7.17. The van der Waals surface area contributed by atoms with Crippen molar-refractivity contribution in [3.8, 4) is 11.8 Å². The molecule has 6 aliphatic rings. The van der Waals surface area contributed by atoms with E-state index in [0.717, 1.165) is 102 Å². The molecule has 5 saturated carbocycles. The van der Waals surface area contributed by atoms with E-state index in [1.54, 1.807) is 0 Å². The van der Waals surface area contributed by atoms with Crippen LogP contribution in [-0.2, 0) is 33.2 Å². The number of unbranched alkanes of at least 4 members (excludes halogenated alkanes) is 1. The highest BCUT2D eigenvalue weighted by molar-refractivity contribution is 5.86. The Kier molecular flexibility index (Phi) is 13.7. The van der Waals surface area contributed by atoms with Crippen LogP contribution in [0, 0.1) is 22.7 Å². The van der Waals surface area contributed by atoms with Gasteiger partial charge in [0.25, 0.3) is 0 Å². The number of ether oxygens (including phenoxy) is 6. The Morgan fingerprint density at radius 3 is 2.00 bits per heavy atom. The molecule has 6 fully saturated rings. The molecule has 1 saturated heterocycles. The van der Waals surface area contributed by atoms with Crippen LogP contribution in [0.4, 0.5) is 5.69 Å². The van der Waals surface area contributed by atoms with Gasteiger partial charge in [-0.15, -0.1) is 0 Å². The smallest absolute Gasteiger partial charge is 0.228 e. The molecule has 1 aliphatic heterocycles. The van der Waals surface area contributed by atoms with Crippen molar-refractivity contribution in [2.75, 3.05) is 44.9 Å². The molecule has 0 spiro atoms. The number of pyridine rings is 1. The topological polar surface area (TPSA) is 91.8 Å². The zero-order valence-corrected chi connectivity index (χ0v) is 39.1. The number of carbonyl (C=O) groups is 1. The largest absolute Gasteiger partial charge is 0.381 e. The van der Waals surface area contributed by atoms with Crippen LogP contribution >= 0.6 is 0 Å². The highest BCUT2D eigenvalue weighted by Gasteiger charge is 2.72. The maximum absolute atomic E-state index is 13.4. The quantitative estimate of drug-likeness (QED) is 0.113. The molecule has 1 aromatic heterocycles. The van der Waals surface area contributed by atoms with Gasteiger partial charge >= 0.3 is 0 Å². The van der Waals surface area contributed by atoms with Crippen molar-refractivity contribution in [1.29, 1.82) is 0 Å². The third kappa shape index (κ3) is 11.8. The average Bonchev–Trinajstić information content (AvgIpc) is 3.05. The van der Waals surface area contributed by atoms with Crippen LogP contribution in [0.2, 0.25) is 0 Å². The number of hydrogen-bond acceptors (Lipinski definition) is 9. The van der Waals surface area contributed by atoms with E-state index in [4.69, 9.17) is 28.4 Å². The first-order valence-electron chi connectivity index (χ1n) is 22.8. The molecule has 59 heavy (non-hydrogen) atoms. The fourth-order valence-electron chi connectivity index (χ4n) is 9.95. The average molecular weight is 822 g/mol. The second kappa shape index (κ2) is 17.5. The molecule has 5 aliphatic carbocycles. The van der Waals surface area contributed by atoms with Crippen molar-refractivity contribution < 1.29 is 33.2 Å². The summed E-state index contributed by atoms with van der Waals surface area (Å²) in [6, 6.07) is 4.48. The van der Waals surface area contributed by atoms with Crippen LogP contribution in [0.15, 0.2) is 18.3 Å². The number of amides is 1. The van der Waals surface area contributed by atoms with Crippen LogP contribution in [0.1, 0.15) is 159 Å². The van der Waals surface area contributed by atoms with Crippen LogP contribution < -0.4 is 4.90 Å². The molecule has 0 radical (unpaired) electrons. The van der Waals surface area contributed by atoms with E-state index in [0.29, 0.717) is 43.5 Å². The van der Waals surface area contributed by atoms with Gasteiger partial charge in [-0.1, -0.05) is 5.92 Å². The Hall–Kier alpha value is -2.26. The van der Waals surface area contributed by atoms with Gasteiger partial charge in [0.1, 0.15) is 11.3 Å². The van der Waals surface area contributed by atoms with E-state index in [-0.39, 0.29) is 28.1 Å². The summed E-state index contributed by atoms with van der Waals surface area (Å²) in [7, 11) is 1.99. The molecule has 2 bridgehead atoms. The highest BCUT2D eigenvalue weighted by atomic mass is 16.6. The van der Waals surface area contributed by atoms with E-state index in [1.807, 2.05) is 25.1 Å². The van der Waals surface area contributed by atoms with Crippen molar-refractivity contribution in [1.82, 2.24) is 9.88 Å². The Balaban J connectivity index is 0.904. The van der Waals surface area contributed by atoms with Gasteiger partial charge < -0.3 is 38.2 Å². The molecular formula is C49H79N3O7. The number of anilines is 1. The minimum absolute atomic E-state index is 0.0962. The van der Waals surface area contributed by atoms with Crippen molar-refractivity contribution in [3.05, 3.63) is 24.0 Å². The highest BCUT2D eigenvalue weighted by Crippen LogP contribution is 2.74. The van der Waals surface area contributed by atoms with Crippen molar-refractivity contribution in [3.63, 3.8) is 0 Å². The van der Waals surface area contributed by atoms with Gasteiger partial charge in [0.15, 0.2) is 5.60 Å². The zero-order chi connectivity index (χ0) is 43.1. The lowest BCUT2D eigenvalue weighted by Gasteiger charge is -2.70. The molecule has 7 rings (SSSR count). The summed E-state index contributed by atoms with van der Waals surface area (Å²) in [4.78, 5) is 22.5. The molecule has 1 atom stereocenters. The first-order valence-corrected chi connectivity index (χ1v) is 22.8. The number of nitrogens with zero attached hydrogens (tertiary/aromatic N) is 3. The molecule has 10 nitrogen and oxygen atoms in total. The summed E-state index contributed by atoms with van der Waals surface area (Å²) in [5.41, 5.74) is -0.326. The first-order chi connectivity index (χ1) is 27.4. The predicted octanol–water partition coefficient (Wildman–Crippen LogP) is 8.91. The number of carbonyl (C=O) groups excluding carboxylic acids is 1. The summed E-state index contributed by atoms with van der Waals surface area (Å²) in [6.07, 6.45) is 13.7. The number of aromatic nitrogens is 1. The summed E-state index contributed by atoms with van der Waals surface area (Å²) in [6.45, 7) is 28.9. The van der Waals surface area contributed by atoms with E-state index >= 15 is 0 Å². The number of rotatable bonds is 17. The van der Waals surface area contributed by atoms with Crippen LogP contribution in [-0.4, -0.2) is 114 Å². The monoisotopic (exact) mass is 822 g/mol. The van der Waals surface area contributed by atoms with E-state index in [9.17, 15) is 4.79 Å².